The molecule has 0 fully saturated rings. The van der Waals surface area contributed by atoms with Gasteiger partial charge in [0, 0.05) is 6.54 Å². The van der Waals surface area contributed by atoms with Gasteiger partial charge in [-0.1, -0.05) is 6.92 Å². The molecule has 17 heavy (non-hydrogen) atoms. The molecule has 0 saturated heterocycles. The fourth-order valence-electron chi connectivity index (χ4n) is 1.18. The minimum atomic E-state index is -0.116. The summed E-state index contributed by atoms with van der Waals surface area (Å²) in [5.41, 5.74) is 0. The third-order valence-corrected chi connectivity index (χ3v) is 2.69. The zero-order chi connectivity index (χ0) is 12.7. The average molecular weight is 302 g/mol. The van der Waals surface area contributed by atoms with Gasteiger partial charge in [0.15, 0.2) is 6.61 Å². The first kappa shape index (κ1) is 13.8. The molecule has 0 unspecified atom stereocenters. The standard InChI is InChI=1S/C12H16BrNO3/c1-3-6-14-12(15)8-17-11-5-4-9(16-2)7-10(11)13/h4-5,7H,3,6,8H2,1-2H3,(H,14,15). The highest BCUT2D eigenvalue weighted by molar-refractivity contribution is 9.10. The van der Waals surface area contributed by atoms with E-state index in [9.17, 15) is 4.79 Å². The normalized spacial score (nSPS) is 9.82. The molecule has 0 aromatic heterocycles. The molecule has 1 aromatic carbocycles. The molecule has 0 bridgehead atoms. The van der Waals surface area contributed by atoms with Gasteiger partial charge in [0.1, 0.15) is 11.5 Å². The molecule has 4 nitrogen and oxygen atoms in total. The van der Waals surface area contributed by atoms with Crippen molar-refractivity contribution in [3.8, 4) is 11.5 Å². The molecule has 0 saturated carbocycles. The van der Waals surface area contributed by atoms with Crippen LogP contribution in [0.4, 0.5) is 0 Å². The lowest BCUT2D eigenvalue weighted by molar-refractivity contribution is -0.123. The van der Waals surface area contributed by atoms with Gasteiger partial charge in [-0.05, 0) is 40.5 Å². The zero-order valence-electron chi connectivity index (χ0n) is 9.96. The molecule has 5 heteroatoms. The quantitative estimate of drug-likeness (QED) is 0.877. The van der Waals surface area contributed by atoms with Crippen molar-refractivity contribution in [2.75, 3.05) is 20.3 Å². The van der Waals surface area contributed by atoms with Crippen molar-refractivity contribution in [2.24, 2.45) is 0 Å². The molecule has 0 heterocycles. The van der Waals surface area contributed by atoms with Crippen LogP contribution in [0.15, 0.2) is 22.7 Å². The van der Waals surface area contributed by atoms with Crippen LogP contribution < -0.4 is 14.8 Å². The van der Waals surface area contributed by atoms with Crippen molar-refractivity contribution in [1.82, 2.24) is 5.32 Å². The minimum absolute atomic E-state index is 0.0188. The van der Waals surface area contributed by atoms with Crippen LogP contribution in [-0.4, -0.2) is 26.2 Å². The maximum absolute atomic E-state index is 11.3. The molecule has 0 atom stereocenters. The number of carbonyl (C=O) groups excluding carboxylic acids is 1. The SMILES string of the molecule is CCCNC(=O)COc1ccc(OC)cc1Br. The molecule has 1 rings (SSSR count). The smallest absolute Gasteiger partial charge is 0.257 e. The zero-order valence-corrected chi connectivity index (χ0v) is 11.5. The largest absolute Gasteiger partial charge is 0.497 e. The average Bonchev–Trinajstić information content (AvgIpc) is 2.34. The van der Waals surface area contributed by atoms with Crippen molar-refractivity contribution < 1.29 is 14.3 Å². The molecule has 0 aliphatic carbocycles. The first-order valence-corrected chi connectivity index (χ1v) is 6.19. The second-order valence-electron chi connectivity index (χ2n) is 3.43. The Hall–Kier alpha value is -1.23. The van der Waals surface area contributed by atoms with Gasteiger partial charge in [-0.3, -0.25) is 4.79 Å². The number of hydrogen-bond acceptors (Lipinski definition) is 3. The van der Waals surface area contributed by atoms with E-state index in [4.69, 9.17) is 9.47 Å². The maximum Gasteiger partial charge on any atom is 0.257 e. The van der Waals surface area contributed by atoms with E-state index in [-0.39, 0.29) is 12.5 Å². The Morgan fingerprint density at radius 2 is 2.24 bits per heavy atom. The highest BCUT2D eigenvalue weighted by atomic mass is 79.9. The van der Waals surface area contributed by atoms with Crippen LogP contribution in [0, 0.1) is 0 Å². The molecular weight excluding hydrogens is 286 g/mol. The Morgan fingerprint density at radius 1 is 1.47 bits per heavy atom. The van der Waals surface area contributed by atoms with Crippen LogP contribution >= 0.6 is 15.9 Å². The highest BCUT2D eigenvalue weighted by Crippen LogP contribution is 2.28. The predicted octanol–water partition coefficient (Wildman–Crippen LogP) is 2.36. The number of carbonyl (C=O) groups is 1. The molecule has 94 valence electrons. The van der Waals surface area contributed by atoms with Gasteiger partial charge >= 0.3 is 0 Å². The Labute approximate surface area is 109 Å². The summed E-state index contributed by atoms with van der Waals surface area (Å²) in [6, 6.07) is 5.33. The van der Waals surface area contributed by atoms with Crippen LogP contribution in [0.3, 0.4) is 0 Å². The highest BCUT2D eigenvalue weighted by Gasteiger charge is 2.06. The number of methoxy groups -OCH3 is 1. The molecule has 1 aromatic rings. The summed E-state index contributed by atoms with van der Waals surface area (Å²) in [4.78, 5) is 11.3. The topological polar surface area (TPSA) is 47.6 Å². The Morgan fingerprint density at radius 3 is 2.82 bits per heavy atom. The van der Waals surface area contributed by atoms with Gasteiger partial charge in [0.2, 0.25) is 0 Å². The van der Waals surface area contributed by atoms with Crippen molar-refractivity contribution in [3.63, 3.8) is 0 Å². The minimum Gasteiger partial charge on any atom is -0.497 e. The number of nitrogens with one attached hydrogen (secondary N) is 1. The first-order chi connectivity index (χ1) is 8.17. The third-order valence-electron chi connectivity index (χ3n) is 2.07. The fraction of sp³-hybridized carbons (Fsp3) is 0.417. The Bertz CT molecular complexity index is 382. The molecule has 1 amide bonds. The Kier molecular flexibility index (Phi) is 5.83. The summed E-state index contributed by atoms with van der Waals surface area (Å²) in [6.07, 6.45) is 0.915. The number of halogens is 1. The second kappa shape index (κ2) is 7.17. The van der Waals surface area contributed by atoms with E-state index in [1.165, 1.54) is 0 Å². The summed E-state index contributed by atoms with van der Waals surface area (Å²) < 4.78 is 11.2. The van der Waals surface area contributed by atoms with Crippen molar-refractivity contribution in [3.05, 3.63) is 22.7 Å². The van der Waals surface area contributed by atoms with Crippen LogP contribution in [-0.2, 0) is 4.79 Å². The van der Waals surface area contributed by atoms with Crippen LogP contribution in [0.5, 0.6) is 11.5 Å². The number of ether oxygens (including phenoxy) is 2. The van der Waals surface area contributed by atoms with Crippen molar-refractivity contribution in [1.29, 1.82) is 0 Å². The number of amides is 1. The number of benzene rings is 1. The summed E-state index contributed by atoms with van der Waals surface area (Å²) in [5.74, 6) is 1.24. The van der Waals surface area contributed by atoms with Crippen LogP contribution in [0.25, 0.3) is 0 Å². The van der Waals surface area contributed by atoms with Crippen LogP contribution in [0.1, 0.15) is 13.3 Å². The summed E-state index contributed by atoms with van der Waals surface area (Å²) in [6.45, 7) is 2.69. The lowest BCUT2D eigenvalue weighted by Crippen LogP contribution is -2.29. The Balaban J connectivity index is 2.49. The fourth-order valence-corrected chi connectivity index (χ4v) is 1.66. The van der Waals surface area contributed by atoms with E-state index in [0.29, 0.717) is 12.3 Å². The van der Waals surface area contributed by atoms with Crippen LogP contribution in [0.2, 0.25) is 0 Å². The molecular formula is C12H16BrNO3. The first-order valence-electron chi connectivity index (χ1n) is 5.40. The van der Waals surface area contributed by atoms with E-state index in [0.717, 1.165) is 16.6 Å². The summed E-state index contributed by atoms with van der Waals surface area (Å²) in [5, 5.41) is 2.74. The molecule has 0 spiro atoms. The van der Waals surface area contributed by atoms with Crippen molar-refractivity contribution in [2.45, 2.75) is 13.3 Å². The molecule has 0 aliphatic rings. The van der Waals surface area contributed by atoms with E-state index < -0.39 is 0 Å². The van der Waals surface area contributed by atoms with Gasteiger partial charge in [-0.15, -0.1) is 0 Å². The monoisotopic (exact) mass is 301 g/mol. The summed E-state index contributed by atoms with van der Waals surface area (Å²) >= 11 is 3.35. The van der Waals surface area contributed by atoms with Gasteiger partial charge in [0.05, 0.1) is 11.6 Å². The maximum atomic E-state index is 11.3. The van der Waals surface area contributed by atoms with E-state index in [2.05, 4.69) is 21.2 Å². The second-order valence-corrected chi connectivity index (χ2v) is 4.29. The molecule has 1 N–H and O–H groups in total. The summed E-state index contributed by atoms with van der Waals surface area (Å²) in [7, 11) is 1.60. The molecule has 0 aliphatic heterocycles. The lowest BCUT2D eigenvalue weighted by Gasteiger charge is -2.09. The van der Waals surface area contributed by atoms with Crippen molar-refractivity contribution >= 4 is 21.8 Å². The van der Waals surface area contributed by atoms with Gasteiger partial charge in [-0.25, -0.2) is 0 Å². The lowest BCUT2D eigenvalue weighted by atomic mass is 10.3. The predicted molar refractivity (Wildman–Crippen MR) is 69.5 cm³/mol. The third kappa shape index (κ3) is 4.65. The van der Waals surface area contributed by atoms with E-state index in [1.54, 1.807) is 25.3 Å². The number of hydrogen-bond donors (Lipinski definition) is 1. The van der Waals surface area contributed by atoms with Gasteiger partial charge < -0.3 is 14.8 Å². The van der Waals surface area contributed by atoms with E-state index >= 15 is 0 Å². The number of rotatable bonds is 6. The van der Waals surface area contributed by atoms with E-state index in [1.807, 2.05) is 6.92 Å². The van der Waals surface area contributed by atoms with Gasteiger partial charge in [0.25, 0.3) is 5.91 Å². The van der Waals surface area contributed by atoms with Gasteiger partial charge in [-0.2, -0.15) is 0 Å². The molecule has 0 radical (unpaired) electrons.